The third kappa shape index (κ3) is 5.21. The minimum absolute atomic E-state index is 0.0416. The molecule has 1 aliphatic heterocycles. The number of piperidine rings is 1. The molecule has 1 amide bonds. The number of sulfonamides is 1. The maximum absolute atomic E-state index is 13.9. The molecule has 1 aromatic carbocycles. The first-order valence-corrected chi connectivity index (χ1v) is 12.2. The van der Waals surface area contributed by atoms with E-state index < -0.39 is 16.1 Å². The lowest BCUT2D eigenvalue weighted by atomic mass is 10.0. The number of aromatic nitrogens is 1. The molecule has 3 rings (SSSR count). The summed E-state index contributed by atoms with van der Waals surface area (Å²) in [5, 5.41) is 3.20. The lowest BCUT2D eigenvalue weighted by molar-refractivity contribution is -0.120. The Morgan fingerprint density at radius 1 is 1.34 bits per heavy atom. The molecule has 0 spiro atoms. The number of rotatable bonds is 7. The Morgan fingerprint density at radius 2 is 2.10 bits per heavy atom. The highest BCUT2D eigenvalue weighted by Crippen LogP contribution is 2.28. The normalized spacial score (nSPS) is 18.0. The van der Waals surface area contributed by atoms with Gasteiger partial charge in [-0.3, -0.25) is 4.79 Å². The van der Waals surface area contributed by atoms with E-state index in [1.54, 1.807) is 18.2 Å². The van der Waals surface area contributed by atoms with Crippen LogP contribution in [0, 0.1) is 12.7 Å². The predicted octanol–water partition coefficient (Wildman–Crippen LogP) is 3.71. The average Bonchev–Trinajstić information content (AvgIpc) is 3.02. The summed E-state index contributed by atoms with van der Waals surface area (Å²) in [6, 6.07) is 5.87. The standard InChI is InChI=1S/C20H26FN3O3S2/c1-3-12-29(26,27)24-11-7-6-10-17(24)19(25)23-20-22-14(2)18(28-20)13-15-8-4-5-9-16(15)21/h4-5,8-9,17H,3,6-7,10-13H2,1-2H3,(H,22,23,25). The van der Waals surface area contributed by atoms with Gasteiger partial charge in [0.2, 0.25) is 15.9 Å². The molecule has 1 atom stereocenters. The van der Waals surface area contributed by atoms with Crippen LogP contribution in [0.1, 0.15) is 48.7 Å². The molecular weight excluding hydrogens is 413 g/mol. The number of hydrogen-bond donors (Lipinski definition) is 1. The molecule has 0 bridgehead atoms. The van der Waals surface area contributed by atoms with Crippen molar-refractivity contribution in [3.05, 3.63) is 46.2 Å². The molecule has 1 saturated heterocycles. The lowest BCUT2D eigenvalue weighted by Gasteiger charge is -2.33. The van der Waals surface area contributed by atoms with Crippen molar-refractivity contribution in [2.45, 2.75) is 52.0 Å². The zero-order valence-electron chi connectivity index (χ0n) is 16.7. The number of nitrogens with one attached hydrogen (secondary N) is 1. The fourth-order valence-electron chi connectivity index (χ4n) is 3.52. The SMILES string of the molecule is CCCS(=O)(=O)N1CCCCC1C(=O)Nc1nc(C)c(Cc2ccccc2F)s1. The monoisotopic (exact) mass is 439 g/mol. The Balaban J connectivity index is 1.74. The second-order valence-corrected chi connectivity index (χ2v) is 10.3. The highest BCUT2D eigenvalue weighted by Gasteiger charge is 2.36. The zero-order chi connectivity index (χ0) is 21.0. The van der Waals surface area contributed by atoms with Crippen LogP contribution in [0.2, 0.25) is 0 Å². The molecule has 158 valence electrons. The van der Waals surface area contributed by atoms with Crippen molar-refractivity contribution in [1.29, 1.82) is 0 Å². The topological polar surface area (TPSA) is 79.4 Å². The molecule has 1 aliphatic rings. The van der Waals surface area contributed by atoms with Crippen LogP contribution in [0.25, 0.3) is 0 Å². The van der Waals surface area contributed by atoms with Crippen molar-refractivity contribution >= 4 is 32.4 Å². The first kappa shape index (κ1) is 21.9. The highest BCUT2D eigenvalue weighted by atomic mass is 32.2. The lowest BCUT2D eigenvalue weighted by Crippen LogP contribution is -2.50. The van der Waals surface area contributed by atoms with E-state index in [9.17, 15) is 17.6 Å². The summed E-state index contributed by atoms with van der Waals surface area (Å²) in [5.41, 5.74) is 1.30. The summed E-state index contributed by atoms with van der Waals surface area (Å²) < 4.78 is 40.4. The van der Waals surface area contributed by atoms with Gasteiger partial charge in [-0.2, -0.15) is 4.31 Å². The van der Waals surface area contributed by atoms with Gasteiger partial charge in [0.25, 0.3) is 0 Å². The van der Waals surface area contributed by atoms with Crippen molar-refractivity contribution < 1.29 is 17.6 Å². The van der Waals surface area contributed by atoms with Crippen LogP contribution in [0.5, 0.6) is 0 Å². The van der Waals surface area contributed by atoms with E-state index in [0.29, 0.717) is 36.5 Å². The summed E-state index contributed by atoms with van der Waals surface area (Å²) in [6.45, 7) is 4.00. The fourth-order valence-corrected chi connectivity index (χ4v) is 6.26. The summed E-state index contributed by atoms with van der Waals surface area (Å²) >= 11 is 1.30. The van der Waals surface area contributed by atoms with Crippen molar-refractivity contribution in [1.82, 2.24) is 9.29 Å². The highest BCUT2D eigenvalue weighted by molar-refractivity contribution is 7.89. The molecular formula is C20H26FN3O3S2. The van der Waals surface area contributed by atoms with Crippen molar-refractivity contribution in [3.8, 4) is 0 Å². The predicted molar refractivity (Wildman–Crippen MR) is 113 cm³/mol. The molecule has 2 aromatic rings. The minimum Gasteiger partial charge on any atom is -0.301 e. The molecule has 2 heterocycles. The number of amides is 1. The first-order valence-electron chi connectivity index (χ1n) is 9.82. The van der Waals surface area contributed by atoms with Gasteiger partial charge in [-0.15, -0.1) is 11.3 Å². The average molecular weight is 440 g/mol. The van der Waals surface area contributed by atoms with Crippen LogP contribution in [0.3, 0.4) is 0 Å². The Kier molecular flexibility index (Phi) is 7.02. The maximum Gasteiger partial charge on any atom is 0.244 e. The molecule has 9 heteroatoms. The van der Waals surface area contributed by atoms with E-state index in [2.05, 4.69) is 10.3 Å². The van der Waals surface area contributed by atoms with E-state index in [1.807, 2.05) is 13.8 Å². The largest absolute Gasteiger partial charge is 0.301 e. The van der Waals surface area contributed by atoms with Gasteiger partial charge in [-0.1, -0.05) is 31.5 Å². The van der Waals surface area contributed by atoms with Gasteiger partial charge in [0.15, 0.2) is 5.13 Å². The fraction of sp³-hybridized carbons (Fsp3) is 0.500. The number of carbonyl (C=O) groups excluding carboxylic acids is 1. The Labute approximate surface area is 175 Å². The number of anilines is 1. The van der Waals surface area contributed by atoms with E-state index >= 15 is 0 Å². The quantitative estimate of drug-likeness (QED) is 0.713. The summed E-state index contributed by atoms with van der Waals surface area (Å²) in [4.78, 5) is 18.1. The van der Waals surface area contributed by atoms with Gasteiger partial charge in [-0.05, 0) is 37.8 Å². The van der Waals surface area contributed by atoms with Crippen LogP contribution in [0.4, 0.5) is 9.52 Å². The molecule has 1 unspecified atom stereocenters. The Bertz CT molecular complexity index is 975. The van der Waals surface area contributed by atoms with Crippen molar-refractivity contribution in [2.24, 2.45) is 0 Å². The third-order valence-electron chi connectivity index (χ3n) is 5.01. The Morgan fingerprint density at radius 3 is 2.83 bits per heavy atom. The van der Waals surface area contributed by atoms with E-state index in [-0.39, 0.29) is 17.5 Å². The molecule has 6 nitrogen and oxygen atoms in total. The molecule has 0 aliphatic carbocycles. The van der Waals surface area contributed by atoms with E-state index in [4.69, 9.17) is 0 Å². The Hall–Kier alpha value is -1.84. The van der Waals surface area contributed by atoms with Gasteiger partial charge in [0, 0.05) is 17.8 Å². The van der Waals surface area contributed by atoms with E-state index in [1.165, 1.54) is 21.7 Å². The third-order valence-corrected chi connectivity index (χ3v) is 8.16. The number of benzene rings is 1. The van der Waals surface area contributed by atoms with Gasteiger partial charge in [-0.25, -0.2) is 17.8 Å². The summed E-state index contributed by atoms with van der Waals surface area (Å²) in [7, 11) is -3.45. The summed E-state index contributed by atoms with van der Waals surface area (Å²) in [5.74, 6) is -0.583. The number of nitrogens with zero attached hydrogens (tertiary/aromatic N) is 2. The summed E-state index contributed by atoms with van der Waals surface area (Å²) in [6.07, 6.45) is 2.98. The van der Waals surface area contributed by atoms with Crippen molar-refractivity contribution in [3.63, 3.8) is 0 Å². The number of hydrogen-bond acceptors (Lipinski definition) is 5. The van der Waals surface area contributed by atoms with Crippen LogP contribution < -0.4 is 5.32 Å². The van der Waals surface area contributed by atoms with Gasteiger partial charge < -0.3 is 5.32 Å². The second-order valence-electron chi connectivity index (χ2n) is 7.22. The van der Waals surface area contributed by atoms with Crippen molar-refractivity contribution in [2.75, 3.05) is 17.6 Å². The number of aryl methyl sites for hydroxylation is 1. The molecule has 1 N–H and O–H groups in total. The minimum atomic E-state index is -3.45. The first-order chi connectivity index (χ1) is 13.8. The molecule has 1 fully saturated rings. The molecule has 0 radical (unpaired) electrons. The smallest absolute Gasteiger partial charge is 0.244 e. The zero-order valence-corrected chi connectivity index (χ0v) is 18.3. The second kappa shape index (κ2) is 9.32. The van der Waals surface area contributed by atoms with E-state index in [0.717, 1.165) is 23.4 Å². The number of thiazole rings is 1. The van der Waals surface area contributed by atoms with Gasteiger partial charge in [0.1, 0.15) is 11.9 Å². The number of halogens is 1. The van der Waals surface area contributed by atoms with Crippen LogP contribution >= 0.6 is 11.3 Å². The van der Waals surface area contributed by atoms with Crippen LogP contribution in [0.15, 0.2) is 24.3 Å². The molecule has 29 heavy (non-hydrogen) atoms. The molecule has 1 aromatic heterocycles. The number of carbonyl (C=O) groups is 1. The van der Waals surface area contributed by atoms with Gasteiger partial charge >= 0.3 is 0 Å². The van der Waals surface area contributed by atoms with Crippen LogP contribution in [-0.2, 0) is 21.2 Å². The van der Waals surface area contributed by atoms with Gasteiger partial charge in [0.05, 0.1) is 11.4 Å². The maximum atomic E-state index is 13.9. The van der Waals surface area contributed by atoms with Crippen LogP contribution in [-0.4, -0.2) is 42.0 Å². The molecule has 0 saturated carbocycles.